The zero-order valence-electron chi connectivity index (χ0n) is 10.9. The molecule has 1 N–H and O–H groups in total. The third-order valence-electron chi connectivity index (χ3n) is 3.32. The predicted octanol–water partition coefficient (Wildman–Crippen LogP) is 1.64. The smallest absolute Gasteiger partial charge is 0.222 e. The second-order valence-corrected chi connectivity index (χ2v) is 4.90. The van der Waals surface area contributed by atoms with E-state index >= 15 is 0 Å². The summed E-state index contributed by atoms with van der Waals surface area (Å²) in [5, 5.41) is 3.38. The van der Waals surface area contributed by atoms with Crippen LogP contribution in [0.5, 0.6) is 0 Å². The summed E-state index contributed by atoms with van der Waals surface area (Å²) in [4.78, 5) is 13.7. The quantitative estimate of drug-likeness (QED) is 0.561. The number of hydrogen-bond acceptors (Lipinski definition) is 2. The first-order chi connectivity index (χ1) is 8.24. The molecule has 1 aliphatic heterocycles. The summed E-state index contributed by atoms with van der Waals surface area (Å²) >= 11 is 0. The van der Waals surface area contributed by atoms with E-state index < -0.39 is 0 Å². The van der Waals surface area contributed by atoms with Crippen LogP contribution in [0, 0.1) is 18.3 Å². The highest BCUT2D eigenvalue weighted by Crippen LogP contribution is 2.12. The molecule has 1 atom stereocenters. The van der Waals surface area contributed by atoms with E-state index in [9.17, 15) is 4.79 Å². The zero-order valence-corrected chi connectivity index (χ0v) is 10.9. The topological polar surface area (TPSA) is 32.3 Å². The molecular weight excluding hydrogens is 212 g/mol. The van der Waals surface area contributed by atoms with Gasteiger partial charge in [-0.3, -0.25) is 4.79 Å². The number of nitrogens with one attached hydrogen (secondary N) is 1. The van der Waals surface area contributed by atoms with Gasteiger partial charge in [-0.2, -0.15) is 0 Å². The van der Waals surface area contributed by atoms with Crippen LogP contribution in [-0.4, -0.2) is 37.5 Å². The third kappa shape index (κ3) is 5.74. The van der Waals surface area contributed by atoms with Gasteiger partial charge in [-0.05, 0) is 44.7 Å². The van der Waals surface area contributed by atoms with Crippen LogP contribution >= 0.6 is 0 Å². The number of unbranched alkanes of at least 4 members (excludes halogenated alkanes) is 2. The van der Waals surface area contributed by atoms with Gasteiger partial charge >= 0.3 is 0 Å². The van der Waals surface area contributed by atoms with E-state index in [0.717, 1.165) is 38.9 Å². The van der Waals surface area contributed by atoms with Gasteiger partial charge in [0.15, 0.2) is 0 Å². The van der Waals surface area contributed by atoms with Gasteiger partial charge in [-0.25, -0.2) is 0 Å². The molecule has 0 bridgehead atoms. The van der Waals surface area contributed by atoms with E-state index in [4.69, 9.17) is 6.42 Å². The van der Waals surface area contributed by atoms with Crippen LogP contribution in [0.25, 0.3) is 0 Å². The summed E-state index contributed by atoms with van der Waals surface area (Å²) in [6, 6.07) is 0. The maximum Gasteiger partial charge on any atom is 0.222 e. The van der Waals surface area contributed by atoms with Gasteiger partial charge < -0.3 is 10.2 Å². The number of nitrogens with zero attached hydrogens (tertiary/aromatic N) is 1. The minimum absolute atomic E-state index is 0.257. The number of rotatable bonds is 6. The molecule has 0 aromatic carbocycles. The average Bonchev–Trinajstić information content (AvgIpc) is 2.35. The van der Waals surface area contributed by atoms with Gasteiger partial charge in [0.2, 0.25) is 5.91 Å². The van der Waals surface area contributed by atoms with Crippen molar-refractivity contribution >= 4 is 5.91 Å². The maximum absolute atomic E-state index is 11.8. The Bertz CT molecular complexity index is 264. The van der Waals surface area contributed by atoms with Gasteiger partial charge in [0, 0.05) is 26.4 Å². The molecule has 1 saturated heterocycles. The van der Waals surface area contributed by atoms with Gasteiger partial charge in [0.25, 0.3) is 0 Å². The summed E-state index contributed by atoms with van der Waals surface area (Å²) in [7, 11) is 1.91. The van der Waals surface area contributed by atoms with Crippen molar-refractivity contribution < 1.29 is 4.79 Å². The van der Waals surface area contributed by atoms with Crippen LogP contribution in [0.1, 0.15) is 38.5 Å². The van der Waals surface area contributed by atoms with Crippen LogP contribution in [0.3, 0.4) is 0 Å². The van der Waals surface area contributed by atoms with Crippen molar-refractivity contribution in [2.45, 2.75) is 38.5 Å². The van der Waals surface area contributed by atoms with Crippen molar-refractivity contribution in [3.05, 3.63) is 0 Å². The Labute approximate surface area is 105 Å². The minimum Gasteiger partial charge on any atom is -0.345 e. The van der Waals surface area contributed by atoms with Gasteiger partial charge in [0.1, 0.15) is 0 Å². The Morgan fingerprint density at radius 2 is 2.35 bits per heavy atom. The van der Waals surface area contributed by atoms with E-state index in [1.165, 1.54) is 12.8 Å². The maximum atomic E-state index is 11.8. The molecular formula is C14H24N2O. The standard InChI is InChI=1S/C14H24N2O/c1-3-4-5-6-9-14(17)16(2)12-13-8-7-10-15-11-13/h1,13,15H,4-12H2,2H3. The molecule has 1 unspecified atom stereocenters. The van der Waals surface area contributed by atoms with Gasteiger partial charge in [-0.1, -0.05) is 0 Å². The monoisotopic (exact) mass is 236 g/mol. The van der Waals surface area contributed by atoms with Crippen LogP contribution in [0.4, 0.5) is 0 Å². The molecule has 96 valence electrons. The molecule has 0 aromatic rings. The first kappa shape index (κ1) is 14.1. The number of carbonyl (C=O) groups is 1. The van der Waals surface area contributed by atoms with Crippen molar-refractivity contribution in [1.29, 1.82) is 0 Å². The highest BCUT2D eigenvalue weighted by molar-refractivity contribution is 5.75. The summed E-state index contributed by atoms with van der Waals surface area (Å²) in [6.07, 6.45) is 10.9. The molecule has 1 amide bonds. The molecule has 1 rings (SSSR count). The van der Waals surface area contributed by atoms with Crippen LogP contribution < -0.4 is 5.32 Å². The summed E-state index contributed by atoms with van der Waals surface area (Å²) in [5.74, 6) is 3.49. The third-order valence-corrected chi connectivity index (χ3v) is 3.32. The summed E-state index contributed by atoms with van der Waals surface area (Å²) < 4.78 is 0. The molecule has 1 heterocycles. The highest BCUT2D eigenvalue weighted by atomic mass is 16.2. The lowest BCUT2D eigenvalue weighted by Crippen LogP contribution is -2.39. The van der Waals surface area contributed by atoms with E-state index in [1.54, 1.807) is 0 Å². The van der Waals surface area contributed by atoms with Crippen molar-refractivity contribution in [2.24, 2.45) is 5.92 Å². The average molecular weight is 236 g/mol. The van der Waals surface area contributed by atoms with Crippen LogP contribution in [-0.2, 0) is 4.79 Å². The zero-order chi connectivity index (χ0) is 12.5. The fraction of sp³-hybridized carbons (Fsp3) is 0.786. The Hall–Kier alpha value is -1.01. The molecule has 17 heavy (non-hydrogen) atoms. The van der Waals surface area contributed by atoms with Crippen molar-refractivity contribution in [1.82, 2.24) is 10.2 Å². The first-order valence-corrected chi connectivity index (χ1v) is 6.62. The lowest BCUT2D eigenvalue weighted by atomic mass is 9.99. The molecule has 3 heteroatoms. The molecule has 1 fully saturated rings. The van der Waals surface area contributed by atoms with E-state index in [0.29, 0.717) is 12.3 Å². The second kappa shape index (κ2) is 8.14. The first-order valence-electron chi connectivity index (χ1n) is 6.62. The molecule has 0 radical (unpaired) electrons. The second-order valence-electron chi connectivity index (χ2n) is 4.90. The van der Waals surface area contributed by atoms with E-state index in [1.807, 2.05) is 11.9 Å². The predicted molar refractivity (Wildman–Crippen MR) is 70.5 cm³/mol. The number of terminal acetylenes is 1. The van der Waals surface area contributed by atoms with Gasteiger partial charge in [-0.15, -0.1) is 12.3 Å². The highest BCUT2D eigenvalue weighted by Gasteiger charge is 2.17. The largest absolute Gasteiger partial charge is 0.345 e. The van der Waals surface area contributed by atoms with Crippen LogP contribution in [0.2, 0.25) is 0 Å². The lowest BCUT2D eigenvalue weighted by molar-refractivity contribution is -0.130. The number of carbonyl (C=O) groups excluding carboxylic acids is 1. The molecule has 1 aliphatic rings. The Morgan fingerprint density at radius 3 is 3.00 bits per heavy atom. The fourth-order valence-electron chi connectivity index (χ4n) is 2.26. The number of piperidine rings is 1. The fourth-order valence-corrected chi connectivity index (χ4v) is 2.26. The van der Waals surface area contributed by atoms with Crippen molar-refractivity contribution in [3.8, 4) is 12.3 Å². The lowest BCUT2D eigenvalue weighted by Gasteiger charge is -2.27. The van der Waals surface area contributed by atoms with Crippen molar-refractivity contribution in [3.63, 3.8) is 0 Å². The number of hydrogen-bond donors (Lipinski definition) is 1. The Kier molecular flexibility index (Phi) is 6.73. The molecule has 0 spiro atoms. The Balaban J connectivity index is 2.15. The van der Waals surface area contributed by atoms with Gasteiger partial charge in [0.05, 0.1) is 0 Å². The molecule has 0 aromatic heterocycles. The van der Waals surface area contributed by atoms with Crippen LogP contribution in [0.15, 0.2) is 0 Å². The molecule has 0 saturated carbocycles. The molecule has 0 aliphatic carbocycles. The summed E-state index contributed by atoms with van der Waals surface area (Å²) in [5.41, 5.74) is 0. The van der Waals surface area contributed by atoms with E-state index in [2.05, 4.69) is 11.2 Å². The normalized spacial score (nSPS) is 19.6. The molecule has 3 nitrogen and oxygen atoms in total. The Morgan fingerprint density at radius 1 is 1.53 bits per heavy atom. The SMILES string of the molecule is C#CCCCCC(=O)N(C)CC1CCCNC1. The summed E-state index contributed by atoms with van der Waals surface area (Å²) in [6.45, 7) is 3.07. The number of amides is 1. The minimum atomic E-state index is 0.257. The van der Waals surface area contributed by atoms with E-state index in [-0.39, 0.29) is 5.91 Å². The van der Waals surface area contributed by atoms with Crippen molar-refractivity contribution in [2.75, 3.05) is 26.7 Å².